The summed E-state index contributed by atoms with van der Waals surface area (Å²) < 4.78 is 16.5. The summed E-state index contributed by atoms with van der Waals surface area (Å²) in [6.45, 7) is 4.37. The molecule has 3 rings (SSSR count). The Morgan fingerprint density at radius 2 is 1.33 bits per heavy atom. The molecule has 4 nitrogen and oxygen atoms in total. The number of methoxy groups -OCH3 is 3. The molecule has 0 atom stereocenters. The van der Waals surface area contributed by atoms with Crippen molar-refractivity contribution in [1.82, 2.24) is 0 Å². The van der Waals surface area contributed by atoms with Crippen molar-refractivity contribution in [1.29, 1.82) is 0 Å². The van der Waals surface area contributed by atoms with E-state index < -0.39 is 0 Å². The Morgan fingerprint density at radius 3 is 1.93 bits per heavy atom. The predicted octanol–water partition coefficient (Wildman–Crippen LogP) is 4.99. The highest BCUT2D eigenvalue weighted by Gasteiger charge is 2.17. The number of hydrogen-bond donors (Lipinski definition) is 0. The van der Waals surface area contributed by atoms with E-state index in [0.29, 0.717) is 17.2 Å². The number of rotatable bonds is 6. The van der Waals surface area contributed by atoms with Crippen LogP contribution in [0.1, 0.15) is 11.1 Å². The third-order valence-electron chi connectivity index (χ3n) is 4.74. The fraction of sp³-hybridized carbons (Fsp3) is 0.217. The molecule has 0 unspecified atom stereocenters. The van der Waals surface area contributed by atoms with E-state index in [2.05, 4.69) is 41.8 Å². The largest absolute Gasteiger partial charge is 0.496 e. The van der Waals surface area contributed by atoms with Crippen LogP contribution in [0, 0.1) is 0 Å². The Labute approximate surface area is 160 Å². The zero-order valence-electron chi connectivity index (χ0n) is 16.5. The summed E-state index contributed by atoms with van der Waals surface area (Å²) in [6, 6.07) is 16.3. The maximum absolute atomic E-state index is 5.60. The fourth-order valence-electron chi connectivity index (χ4n) is 3.35. The number of ether oxygens (including phenoxy) is 3. The summed E-state index contributed by atoms with van der Waals surface area (Å²) in [7, 11) is 8.98. The minimum Gasteiger partial charge on any atom is -0.496 e. The molecule has 3 aromatic carbocycles. The molecule has 0 radical (unpaired) electrons. The molecule has 0 saturated heterocycles. The Balaban J connectivity index is 2.21. The van der Waals surface area contributed by atoms with Gasteiger partial charge >= 0.3 is 0 Å². The molecular weight excluding hydrogens is 338 g/mol. The molecule has 0 aliphatic heterocycles. The maximum Gasteiger partial charge on any atom is 0.164 e. The van der Waals surface area contributed by atoms with Crippen molar-refractivity contribution in [3.8, 4) is 17.2 Å². The van der Waals surface area contributed by atoms with Gasteiger partial charge in [-0.3, -0.25) is 0 Å². The van der Waals surface area contributed by atoms with Gasteiger partial charge < -0.3 is 19.1 Å². The molecule has 27 heavy (non-hydrogen) atoms. The molecule has 140 valence electrons. The van der Waals surface area contributed by atoms with Crippen molar-refractivity contribution >= 4 is 22.0 Å². The van der Waals surface area contributed by atoms with Crippen LogP contribution < -0.4 is 19.1 Å². The van der Waals surface area contributed by atoms with E-state index in [1.54, 1.807) is 21.3 Å². The smallest absolute Gasteiger partial charge is 0.164 e. The van der Waals surface area contributed by atoms with Crippen molar-refractivity contribution in [2.75, 3.05) is 40.3 Å². The summed E-state index contributed by atoms with van der Waals surface area (Å²) in [5.41, 5.74) is 3.97. The van der Waals surface area contributed by atoms with Crippen molar-refractivity contribution in [3.05, 3.63) is 66.2 Å². The average Bonchev–Trinajstić information content (AvgIpc) is 2.71. The summed E-state index contributed by atoms with van der Waals surface area (Å²) in [5.74, 6) is 1.96. The number of nitrogens with zero attached hydrogens (tertiary/aromatic N) is 1. The van der Waals surface area contributed by atoms with E-state index in [1.807, 2.05) is 32.3 Å². The van der Waals surface area contributed by atoms with Crippen LogP contribution in [-0.4, -0.2) is 35.4 Å². The topological polar surface area (TPSA) is 30.9 Å². The van der Waals surface area contributed by atoms with Gasteiger partial charge in [0, 0.05) is 36.8 Å². The first kappa shape index (κ1) is 18.6. The maximum atomic E-state index is 5.60. The minimum atomic E-state index is 0.624. The molecule has 0 aromatic heterocycles. The van der Waals surface area contributed by atoms with Crippen molar-refractivity contribution in [3.63, 3.8) is 0 Å². The second-order valence-corrected chi connectivity index (χ2v) is 6.46. The summed E-state index contributed by atoms with van der Waals surface area (Å²) in [5, 5.41) is 2.33. The van der Waals surface area contributed by atoms with Crippen LogP contribution in [0.4, 0.5) is 5.69 Å². The third kappa shape index (κ3) is 3.31. The number of fused-ring (bicyclic) bond motifs is 1. The SMILES string of the molecule is C=C(c1cc(OC)c(OC)cc1OC)c1ccc(N(C)C)c2ccccc12. The standard InChI is InChI=1S/C23H25NO3/c1-15(19-13-22(26-5)23(27-6)14-21(19)25-4)16-11-12-20(24(2)3)18-10-8-7-9-17(16)18/h7-14H,1H2,2-6H3. The van der Waals surface area contributed by atoms with E-state index in [0.717, 1.165) is 22.1 Å². The molecule has 0 fully saturated rings. The summed E-state index contributed by atoms with van der Waals surface area (Å²) >= 11 is 0. The lowest BCUT2D eigenvalue weighted by atomic mass is 9.92. The van der Waals surface area contributed by atoms with E-state index in [9.17, 15) is 0 Å². The summed E-state index contributed by atoms with van der Waals surface area (Å²) in [6.07, 6.45) is 0. The Bertz CT molecular complexity index is 992. The molecule has 0 aliphatic rings. The molecule has 0 aliphatic carbocycles. The first-order chi connectivity index (χ1) is 13.0. The molecule has 0 N–H and O–H groups in total. The Hall–Kier alpha value is -3.14. The second-order valence-electron chi connectivity index (χ2n) is 6.46. The van der Waals surface area contributed by atoms with Gasteiger partial charge in [-0.1, -0.05) is 36.9 Å². The lowest BCUT2D eigenvalue weighted by molar-refractivity contribution is 0.348. The van der Waals surface area contributed by atoms with Gasteiger partial charge in [0.1, 0.15) is 5.75 Å². The van der Waals surface area contributed by atoms with Crippen LogP contribution >= 0.6 is 0 Å². The van der Waals surface area contributed by atoms with Crippen LogP contribution in [0.2, 0.25) is 0 Å². The molecule has 3 aromatic rings. The molecule has 0 heterocycles. The first-order valence-electron chi connectivity index (χ1n) is 8.70. The first-order valence-corrected chi connectivity index (χ1v) is 8.70. The Morgan fingerprint density at radius 1 is 0.741 bits per heavy atom. The zero-order valence-corrected chi connectivity index (χ0v) is 16.5. The Kier molecular flexibility index (Phi) is 5.26. The number of anilines is 1. The lowest BCUT2D eigenvalue weighted by Crippen LogP contribution is -2.09. The quantitative estimate of drug-likeness (QED) is 0.617. The van der Waals surface area contributed by atoms with Gasteiger partial charge in [-0.2, -0.15) is 0 Å². The third-order valence-corrected chi connectivity index (χ3v) is 4.74. The normalized spacial score (nSPS) is 10.6. The van der Waals surface area contributed by atoms with E-state index in [4.69, 9.17) is 14.2 Å². The summed E-state index contributed by atoms with van der Waals surface area (Å²) in [4.78, 5) is 2.12. The van der Waals surface area contributed by atoms with Crippen molar-refractivity contribution in [2.45, 2.75) is 0 Å². The van der Waals surface area contributed by atoms with Gasteiger partial charge in [0.25, 0.3) is 0 Å². The highest BCUT2D eigenvalue weighted by atomic mass is 16.5. The highest BCUT2D eigenvalue weighted by molar-refractivity contribution is 6.03. The fourth-order valence-corrected chi connectivity index (χ4v) is 3.35. The molecule has 0 spiro atoms. The number of benzene rings is 3. The second kappa shape index (κ2) is 7.62. The van der Waals surface area contributed by atoms with Gasteiger partial charge in [0.15, 0.2) is 11.5 Å². The van der Waals surface area contributed by atoms with Gasteiger partial charge in [-0.05, 0) is 28.7 Å². The van der Waals surface area contributed by atoms with Gasteiger partial charge in [-0.25, -0.2) is 0 Å². The highest BCUT2D eigenvalue weighted by Crippen LogP contribution is 2.41. The monoisotopic (exact) mass is 363 g/mol. The van der Waals surface area contributed by atoms with Crippen LogP contribution in [0.5, 0.6) is 17.2 Å². The minimum absolute atomic E-state index is 0.624. The average molecular weight is 363 g/mol. The van der Waals surface area contributed by atoms with Gasteiger partial charge in [-0.15, -0.1) is 0 Å². The van der Waals surface area contributed by atoms with Crippen molar-refractivity contribution < 1.29 is 14.2 Å². The van der Waals surface area contributed by atoms with Gasteiger partial charge in [0.05, 0.1) is 21.3 Å². The van der Waals surface area contributed by atoms with Crippen LogP contribution in [-0.2, 0) is 0 Å². The van der Waals surface area contributed by atoms with E-state index in [1.165, 1.54) is 11.1 Å². The van der Waals surface area contributed by atoms with Crippen molar-refractivity contribution in [2.24, 2.45) is 0 Å². The molecule has 4 heteroatoms. The molecular formula is C23H25NO3. The zero-order chi connectivity index (χ0) is 19.6. The van der Waals surface area contributed by atoms with Crippen LogP contribution in [0.15, 0.2) is 55.1 Å². The van der Waals surface area contributed by atoms with Crippen LogP contribution in [0.3, 0.4) is 0 Å². The molecule has 0 saturated carbocycles. The predicted molar refractivity (Wildman–Crippen MR) is 113 cm³/mol. The van der Waals surface area contributed by atoms with E-state index >= 15 is 0 Å². The van der Waals surface area contributed by atoms with Crippen LogP contribution in [0.25, 0.3) is 16.3 Å². The van der Waals surface area contributed by atoms with Gasteiger partial charge in [0.2, 0.25) is 0 Å². The molecule has 0 bridgehead atoms. The molecule has 0 amide bonds. The van der Waals surface area contributed by atoms with E-state index in [-0.39, 0.29) is 0 Å². The lowest BCUT2D eigenvalue weighted by Gasteiger charge is -2.20. The number of hydrogen-bond acceptors (Lipinski definition) is 4.